The predicted molar refractivity (Wildman–Crippen MR) is 87.2 cm³/mol. The molecule has 0 saturated carbocycles. The largest absolute Gasteiger partial charge is 0.309 e. The van der Waals surface area contributed by atoms with Gasteiger partial charge in [0, 0.05) is 12.7 Å². The number of anilines is 1. The molecule has 0 radical (unpaired) electrons. The number of nitrogens with one attached hydrogen (secondary N) is 1. The van der Waals surface area contributed by atoms with Crippen LogP contribution in [0.3, 0.4) is 0 Å². The number of hydrogen-bond acceptors (Lipinski definition) is 5. The number of halogens is 1. The molecule has 1 aliphatic rings. The lowest BCUT2D eigenvalue weighted by atomic mass is 10.0. The molecular formula is C15H19ClN6O. The first-order valence-corrected chi connectivity index (χ1v) is 8.03. The van der Waals surface area contributed by atoms with Crippen molar-refractivity contribution in [2.75, 3.05) is 18.4 Å². The van der Waals surface area contributed by atoms with Crippen LogP contribution in [-0.4, -0.2) is 49.9 Å². The maximum Gasteiger partial charge on any atom is 0.242 e. The Hall–Kier alpha value is -1.99. The zero-order chi connectivity index (χ0) is 16.2. The zero-order valence-electron chi connectivity index (χ0n) is 12.9. The van der Waals surface area contributed by atoms with Crippen molar-refractivity contribution in [3.8, 4) is 0 Å². The van der Waals surface area contributed by atoms with Gasteiger partial charge in [0.15, 0.2) is 0 Å². The van der Waals surface area contributed by atoms with Crippen LogP contribution < -0.4 is 5.32 Å². The lowest BCUT2D eigenvalue weighted by molar-refractivity contribution is -0.121. The van der Waals surface area contributed by atoms with E-state index in [1.54, 1.807) is 29.3 Å². The number of nitrogens with zero attached hydrogens (tertiary/aromatic N) is 5. The number of carbonyl (C=O) groups excluding carboxylic acids is 1. The second-order valence-electron chi connectivity index (χ2n) is 5.67. The molecule has 3 heterocycles. The standard InChI is InChI=1S/C15H19ClN6O/c1-11(15(23)20-14-5-4-12(16)9-17-14)21-8-2-3-13(10-21)22-18-6-7-19-22/h4-7,9,11,13H,2-3,8,10H2,1H3,(H,17,20,23). The van der Waals surface area contributed by atoms with Gasteiger partial charge in [0.1, 0.15) is 5.82 Å². The van der Waals surface area contributed by atoms with Crippen molar-refractivity contribution in [2.45, 2.75) is 31.8 Å². The van der Waals surface area contributed by atoms with Gasteiger partial charge in [-0.2, -0.15) is 15.0 Å². The SMILES string of the molecule is CC(C(=O)Nc1ccc(Cl)cn1)N1CCCC(n2nccn2)C1. The van der Waals surface area contributed by atoms with Crippen LogP contribution in [0.2, 0.25) is 5.02 Å². The quantitative estimate of drug-likeness (QED) is 0.925. The van der Waals surface area contributed by atoms with Gasteiger partial charge in [0.05, 0.1) is 29.5 Å². The van der Waals surface area contributed by atoms with Crippen molar-refractivity contribution in [2.24, 2.45) is 0 Å². The van der Waals surface area contributed by atoms with Crippen LogP contribution in [-0.2, 0) is 4.79 Å². The first-order valence-electron chi connectivity index (χ1n) is 7.66. The van der Waals surface area contributed by atoms with E-state index < -0.39 is 0 Å². The molecule has 0 aromatic carbocycles. The van der Waals surface area contributed by atoms with Gasteiger partial charge in [-0.25, -0.2) is 4.98 Å². The number of hydrogen-bond donors (Lipinski definition) is 1. The van der Waals surface area contributed by atoms with E-state index in [4.69, 9.17) is 11.6 Å². The van der Waals surface area contributed by atoms with Crippen LogP contribution in [0.1, 0.15) is 25.8 Å². The van der Waals surface area contributed by atoms with Crippen molar-refractivity contribution >= 4 is 23.3 Å². The van der Waals surface area contributed by atoms with Crippen LogP contribution in [0.25, 0.3) is 0 Å². The fourth-order valence-corrected chi connectivity index (χ4v) is 2.90. The topological polar surface area (TPSA) is 75.9 Å². The van der Waals surface area contributed by atoms with Crippen LogP contribution in [0.15, 0.2) is 30.7 Å². The summed E-state index contributed by atoms with van der Waals surface area (Å²) in [5, 5.41) is 11.8. The van der Waals surface area contributed by atoms with Crippen LogP contribution in [0, 0.1) is 0 Å². The van der Waals surface area contributed by atoms with Gasteiger partial charge in [-0.05, 0) is 38.4 Å². The van der Waals surface area contributed by atoms with E-state index >= 15 is 0 Å². The normalized spacial score (nSPS) is 20.2. The maximum atomic E-state index is 12.4. The second-order valence-corrected chi connectivity index (χ2v) is 6.10. The molecule has 2 aromatic heterocycles. The highest BCUT2D eigenvalue weighted by molar-refractivity contribution is 6.30. The van der Waals surface area contributed by atoms with Gasteiger partial charge in [-0.3, -0.25) is 9.69 Å². The lowest BCUT2D eigenvalue weighted by Crippen LogP contribution is -2.47. The summed E-state index contributed by atoms with van der Waals surface area (Å²) in [5.41, 5.74) is 0. The molecule has 1 saturated heterocycles. The summed E-state index contributed by atoms with van der Waals surface area (Å²) >= 11 is 5.80. The van der Waals surface area contributed by atoms with E-state index in [0.717, 1.165) is 25.9 Å². The summed E-state index contributed by atoms with van der Waals surface area (Å²) in [5.74, 6) is 0.433. The highest BCUT2D eigenvalue weighted by Gasteiger charge is 2.29. The number of amides is 1. The predicted octanol–water partition coefficient (Wildman–Crippen LogP) is 1.99. The third-order valence-corrected chi connectivity index (χ3v) is 4.32. The molecule has 7 nitrogen and oxygen atoms in total. The highest BCUT2D eigenvalue weighted by Crippen LogP contribution is 2.22. The van der Waals surface area contributed by atoms with E-state index in [1.807, 2.05) is 6.92 Å². The Balaban J connectivity index is 1.61. The molecule has 2 atom stereocenters. The minimum atomic E-state index is -0.245. The number of piperidine rings is 1. The molecule has 0 aliphatic carbocycles. The smallest absolute Gasteiger partial charge is 0.242 e. The third-order valence-electron chi connectivity index (χ3n) is 4.10. The fourth-order valence-electron chi connectivity index (χ4n) is 2.78. The molecule has 122 valence electrons. The summed E-state index contributed by atoms with van der Waals surface area (Å²) < 4.78 is 0. The summed E-state index contributed by atoms with van der Waals surface area (Å²) in [6.07, 6.45) is 6.92. The summed E-state index contributed by atoms with van der Waals surface area (Å²) in [6.45, 7) is 3.56. The number of aromatic nitrogens is 4. The lowest BCUT2D eigenvalue weighted by Gasteiger charge is -2.35. The Morgan fingerprint density at radius 2 is 2.17 bits per heavy atom. The Labute approximate surface area is 139 Å². The molecule has 2 unspecified atom stereocenters. The van der Waals surface area contributed by atoms with Crippen molar-refractivity contribution in [1.82, 2.24) is 24.9 Å². The molecule has 1 N–H and O–H groups in total. The van der Waals surface area contributed by atoms with Crippen molar-refractivity contribution < 1.29 is 4.79 Å². The number of pyridine rings is 1. The number of rotatable bonds is 4. The highest BCUT2D eigenvalue weighted by atomic mass is 35.5. The van der Waals surface area contributed by atoms with Gasteiger partial charge in [-0.15, -0.1) is 0 Å². The first kappa shape index (κ1) is 15.9. The monoisotopic (exact) mass is 334 g/mol. The molecule has 1 aliphatic heterocycles. The molecule has 2 aromatic rings. The second kappa shape index (κ2) is 7.06. The van der Waals surface area contributed by atoms with Gasteiger partial charge >= 0.3 is 0 Å². The molecule has 8 heteroatoms. The van der Waals surface area contributed by atoms with E-state index in [9.17, 15) is 4.79 Å². The minimum Gasteiger partial charge on any atom is -0.309 e. The Morgan fingerprint density at radius 3 is 2.87 bits per heavy atom. The van der Waals surface area contributed by atoms with Gasteiger partial charge in [-0.1, -0.05) is 11.6 Å². The Bertz CT molecular complexity index is 644. The average molecular weight is 335 g/mol. The fraction of sp³-hybridized carbons (Fsp3) is 0.467. The van der Waals surface area contributed by atoms with Gasteiger partial charge < -0.3 is 5.32 Å². The van der Waals surface area contributed by atoms with Crippen molar-refractivity contribution in [3.63, 3.8) is 0 Å². The molecule has 1 amide bonds. The number of carbonyl (C=O) groups is 1. The average Bonchev–Trinajstić information content (AvgIpc) is 3.11. The Kier molecular flexibility index (Phi) is 4.88. The zero-order valence-corrected chi connectivity index (χ0v) is 13.6. The molecule has 1 fully saturated rings. The first-order chi connectivity index (χ1) is 11.1. The van der Waals surface area contributed by atoms with Crippen LogP contribution in [0.5, 0.6) is 0 Å². The maximum absolute atomic E-state index is 12.4. The third kappa shape index (κ3) is 3.86. The van der Waals surface area contributed by atoms with Crippen LogP contribution in [0.4, 0.5) is 5.82 Å². The van der Waals surface area contributed by atoms with Gasteiger partial charge in [0.2, 0.25) is 5.91 Å². The Morgan fingerprint density at radius 1 is 1.39 bits per heavy atom. The van der Waals surface area contributed by atoms with E-state index in [2.05, 4.69) is 25.4 Å². The van der Waals surface area contributed by atoms with E-state index in [1.165, 1.54) is 6.20 Å². The van der Waals surface area contributed by atoms with E-state index in [-0.39, 0.29) is 18.0 Å². The molecule has 23 heavy (non-hydrogen) atoms. The van der Waals surface area contributed by atoms with E-state index in [0.29, 0.717) is 10.8 Å². The molecule has 3 rings (SSSR count). The van der Waals surface area contributed by atoms with Gasteiger partial charge in [0.25, 0.3) is 0 Å². The summed E-state index contributed by atoms with van der Waals surface area (Å²) in [6, 6.07) is 3.36. The van der Waals surface area contributed by atoms with Crippen LogP contribution >= 0.6 is 11.6 Å². The number of likely N-dealkylation sites (tertiary alicyclic amines) is 1. The van der Waals surface area contributed by atoms with Crippen molar-refractivity contribution in [3.05, 3.63) is 35.7 Å². The molecular weight excluding hydrogens is 316 g/mol. The minimum absolute atomic E-state index is 0.0751. The molecule has 0 bridgehead atoms. The summed E-state index contributed by atoms with van der Waals surface area (Å²) in [7, 11) is 0. The van der Waals surface area contributed by atoms with Crippen molar-refractivity contribution in [1.29, 1.82) is 0 Å². The summed E-state index contributed by atoms with van der Waals surface area (Å²) in [4.78, 5) is 20.4. The molecule has 0 spiro atoms.